The molecule has 114 valence electrons. The first kappa shape index (κ1) is 14.4. The number of aromatic nitrogens is 2. The summed E-state index contributed by atoms with van der Waals surface area (Å²) < 4.78 is 10.6. The van der Waals surface area contributed by atoms with Gasteiger partial charge in [0.25, 0.3) is 0 Å². The van der Waals surface area contributed by atoms with E-state index in [9.17, 15) is 0 Å². The third-order valence-corrected chi connectivity index (χ3v) is 3.66. The van der Waals surface area contributed by atoms with Gasteiger partial charge >= 0.3 is 0 Å². The van der Waals surface area contributed by atoms with E-state index >= 15 is 0 Å². The Labute approximate surface area is 129 Å². The van der Waals surface area contributed by atoms with E-state index in [1.807, 2.05) is 30.3 Å². The second-order valence-corrected chi connectivity index (χ2v) is 5.14. The number of nitrogens with one attached hydrogen (secondary N) is 1. The average molecular weight is 297 g/mol. The van der Waals surface area contributed by atoms with E-state index in [2.05, 4.69) is 22.1 Å². The fourth-order valence-electron chi connectivity index (χ4n) is 2.50. The van der Waals surface area contributed by atoms with Gasteiger partial charge in [0.1, 0.15) is 5.82 Å². The molecule has 0 aliphatic rings. The Morgan fingerprint density at radius 2 is 1.77 bits per heavy atom. The van der Waals surface area contributed by atoms with Crippen LogP contribution < -0.4 is 15.2 Å². The first-order valence-corrected chi connectivity index (χ1v) is 7.12. The van der Waals surface area contributed by atoms with Crippen molar-refractivity contribution in [3.63, 3.8) is 0 Å². The van der Waals surface area contributed by atoms with Gasteiger partial charge in [-0.05, 0) is 12.0 Å². The Balaban J connectivity index is 1.91. The van der Waals surface area contributed by atoms with Crippen LogP contribution in [-0.2, 0) is 6.42 Å². The molecule has 0 bridgehead atoms. The minimum Gasteiger partial charge on any atom is -0.493 e. The van der Waals surface area contributed by atoms with Crippen molar-refractivity contribution in [1.82, 2.24) is 9.97 Å². The predicted octanol–water partition coefficient (Wildman–Crippen LogP) is 2.82. The molecule has 0 saturated heterocycles. The Kier molecular flexibility index (Phi) is 3.98. The van der Waals surface area contributed by atoms with Crippen LogP contribution in [0.25, 0.3) is 11.0 Å². The number of nitrogens with two attached hydrogens (primary N) is 1. The van der Waals surface area contributed by atoms with Crippen LogP contribution in [0, 0.1) is 0 Å². The topological polar surface area (TPSA) is 73.2 Å². The standard InChI is InChI=1S/C17H19N3O2/c1-21-15-9-13-14(10-16(15)22-2)20-17(19-13)12(18)8-11-6-4-3-5-7-11/h3-7,9-10,12H,8,18H2,1-2H3,(H,19,20). The third kappa shape index (κ3) is 2.76. The smallest absolute Gasteiger partial charge is 0.163 e. The molecule has 1 unspecified atom stereocenters. The van der Waals surface area contributed by atoms with Gasteiger partial charge in [0.2, 0.25) is 0 Å². The maximum atomic E-state index is 6.28. The molecule has 1 aromatic heterocycles. The summed E-state index contributed by atoms with van der Waals surface area (Å²) in [5.41, 5.74) is 9.16. The lowest BCUT2D eigenvalue weighted by Gasteiger charge is -2.08. The fraction of sp³-hybridized carbons (Fsp3) is 0.235. The number of fused-ring (bicyclic) bond motifs is 1. The van der Waals surface area contributed by atoms with Crippen molar-refractivity contribution >= 4 is 11.0 Å². The SMILES string of the molecule is COc1cc2nc(C(N)Cc3ccccc3)[nH]c2cc1OC. The van der Waals surface area contributed by atoms with Gasteiger partial charge in [0.15, 0.2) is 11.5 Å². The zero-order valence-corrected chi connectivity index (χ0v) is 12.7. The van der Waals surface area contributed by atoms with Crippen molar-refractivity contribution in [1.29, 1.82) is 0 Å². The summed E-state index contributed by atoms with van der Waals surface area (Å²) in [5.74, 6) is 2.08. The van der Waals surface area contributed by atoms with Crippen LogP contribution in [0.1, 0.15) is 17.4 Å². The van der Waals surface area contributed by atoms with Gasteiger partial charge in [0, 0.05) is 12.1 Å². The number of H-pyrrole nitrogens is 1. The van der Waals surface area contributed by atoms with Crippen LogP contribution in [0.5, 0.6) is 11.5 Å². The molecule has 2 aromatic carbocycles. The molecule has 0 fully saturated rings. The lowest BCUT2D eigenvalue weighted by Crippen LogP contribution is -2.14. The third-order valence-electron chi connectivity index (χ3n) is 3.66. The monoisotopic (exact) mass is 297 g/mol. The number of nitrogens with zero attached hydrogens (tertiary/aromatic N) is 1. The Bertz CT molecular complexity index is 727. The summed E-state index contributed by atoms with van der Waals surface area (Å²) >= 11 is 0. The van der Waals surface area contributed by atoms with Crippen molar-refractivity contribution < 1.29 is 9.47 Å². The summed E-state index contributed by atoms with van der Waals surface area (Å²) in [6.07, 6.45) is 0.731. The molecule has 1 heterocycles. The van der Waals surface area contributed by atoms with Crippen molar-refractivity contribution in [3.05, 3.63) is 53.9 Å². The summed E-state index contributed by atoms with van der Waals surface area (Å²) in [6, 6.07) is 13.7. The van der Waals surface area contributed by atoms with Crippen molar-refractivity contribution in [3.8, 4) is 11.5 Å². The zero-order chi connectivity index (χ0) is 15.5. The molecule has 3 N–H and O–H groups in total. The maximum Gasteiger partial charge on any atom is 0.163 e. The molecule has 3 rings (SSSR count). The molecule has 0 saturated carbocycles. The molecule has 0 radical (unpaired) electrons. The minimum absolute atomic E-state index is 0.188. The highest BCUT2D eigenvalue weighted by Gasteiger charge is 2.14. The second kappa shape index (κ2) is 6.07. The van der Waals surface area contributed by atoms with Crippen molar-refractivity contribution in [2.24, 2.45) is 5.73 Å². The van der Waals surface area contributed by atoms with Crippen molar-refractivity contribution in [2.45, 2.75) is 12.5 Å². The van der Waals surface area contributed by atoms with Gasteiger partial charge in [-0.2, -0.15) is 0 Å². The molecule has 0 aliphatic heterocycles. The number of hydrogen-bond acceptors (Lipinski definition) is 4. The van der Waals surface area contributed by atoms with Crippen LogP contribution in [-0.4, -0.2) is 24.2 Å². The van der Waals surface area contributed by atoms with Crippen molar-refractivity contribution in [2.75, 3.05) is 14.2 Å². The van der Waals surface area contributed by atoms with E-state index in [0.29, 0.717) is 11.5 Å². The highest BCUT2D eigenvalue weighted by molar-refractivity contribution is 5.79. The first-order valence-electron chi connectivity index (χ1n) is 7.12. The molecule has 1 atom stereocenters. The van der Waals surface area contributed by atoms with Crippen LogP contribution in [0.4, 0.5) is 0 Å². The zero-order valence-electron chi connectivity index (χ0n) is 12.7. The largest absolute Gasteiger partial charge is 0.493 e. The number of imidazole rings is 1. The van der Waals surface area contributed by atoms with Gasteiger partial charge in [0.05, 0.1) is 31.3 Å². The van der Waals surface area contributed by atoms with Crippen LogP contribution in [0.3, 0.4) is 0 Å². The first-order chi connectivity index (χ1) is 10.7. The van der Waals surface area contributed by atoms with Gasteiger partial charge in [-0.3, -0.25) is 0 Å². The second-order valence-electron chi connectivity index (χ2n) is 5.14. The summed E-state index contributed by atoms with van der Waals surface area (Å²) in [6.45, 7) is 0. The van der Waals surface area contributed by atoms with E-state index < -0.39 is 0 Å². The molecular formula is C17H19N3O2. The highest BCUT2D eigenvalue weighted by atomic mass is 16.5. The molecule has 3 aromatic rings. The summed E-state index contributed by atoms with van der Waals surface area (Å²) in [4.78, 5) is 7.85. The summed E-state index contributed by atoms with van der Waals surface area (Å²) in [7, 11) is 3.22. The number of hydrogen-bond donors (Lipinski definition) is 2. The summed E-state index contributed by atoms with van der Waals surface area (Å²) in [5, 5.41) is 0. The van der Waals surface area contributed by atoms with Gasteiger partial charge in [-0.25, -0.2) is 4.98 Å². The van der Waals surface area contributed by atoms with E-state index in [-0.39, 0.29) is 6.04 Å². The number of aromatic amines is 1. The molecule has 0 spiro atoms. The minimum atomic E-state index is -0.188. The van der Waals surface area contributed by atoms with Crippen LogP contribution in [0.15, 0.2) is 42.5 Å². The van der Waals surface area contributed by atoms with E-state index in [1.54, 1.807) is 14.2 Å². The van der Waals surface area contributed by atoms with E-state index in [0.717, 1.165) is 23.3 Å². The Morgan fingerprint density at radius 3 is 2.45 bits per heavy atom. The van der Waals surface area contributed by atoms with Gasteiger partial charge in [-0.15, -0.1) is 0 Å². The van der Waals surface area contributed by atoms with Gasteiger partial charge < -0.3 is 20.2 Å². The van der Waals surface area contributed by atoms with Crippen LogP contribution in [0.2, 0.25) is 0 Å². The Morgan fingerprint density at radius 1 is 1.09 bits per heavy atom. The predicted molar refractivity (Wildman–Crippen MR) is 86.3 cm³/mol. The highest BCUT2D eigenvalue weighted by Crippen LogP contribution is 2.31. The molecule has 0 amide bonds. The quantitative estimate of drug-likeness (QED) is 0.759. The number of ether oxygens (including phenoxy) is 2. The normalized spacial score (nSPS) is 12.3. The van der Waals surface area contributed by atoms with E-state index in [1.165, 1.54) is 5.56 Å². The molecular weight excluding hydrogens is 278 g/mol. The average Bonchev–Trinajstić information content (AvgIpc) is 2.97. The molecule has 5 nitrogen and oxygen atoms in total. The number of rotatable bonds is 5. The molecule has 22 heavy (non-hydrogen) atoms. The molecule has 0 aliphatic carbocycles. The maximum absolute atomic E-state index is 6.28. The number of methoxy groups -OCH3 is 2. The van der Waals surface area contributed by atoms with E-state index in [4.69, 9.17) is 15.2 Å². The number of benzene rings is 2. The lowest BCUT2D eigenvalue weighted by atomic mass is 10.1. The molecule has 5 heteroatoms. The van der Waals surface area contributed by atoms with Crippen LogP contribution >= 0.6 is 0 Å². The van der Waals surface area contributed by atoms with Gasteiger partial charge in [-0.1, -0.05) is 30.3 Å². The lowest BCUT2D eigenvalue weighted by molar-refractivity contribution is 0.356. The Hall–Kier alpha value is -2.53. The fourth-order valence-corrected chi connectivity index (χ4v) is 2.50.